The molecule has 31 heavy (non-hydrogen) atoms. The van der Waals surface area contributed by atoms with Crippen LogP contribution in [0.1, 0.15) is 122 Å². The first-order chi connectivity index (χ1) is 15.3. The van der Waals surface area contributed by atoms with Crippen LogP contribution in [0.2, 0.25) is 0 Å². The van der Waals surface area contributed by atoms with E-state index in [0.29, 0.717) is 6.10 Å². The fourth-order valence-electron chi connectivity index (χ4n) is 8.32. The smallest absolute Gasteiger partial charge is 0.0575 e. The second-order valence-corrected chi connectivity index (χ2v) is 12.1. The van der Waals surface area contributed by atoms with Gasteiger partial charge in [0.25, 0.3) is 0 Å². The lowest BCUT2D eigenvalue weighted by molar-refractivity contribution is 0.00541. The summed E-state index contributed by atoms with van der Waals surface area (Å²) in [5.74, 6) is 7.31. The van der Waals surface area contributed by atoms with Crippen molar-refractivity contribution in [1.29, 1.82) is 0 Å². The van der Waals surface area contributed by atoms with E-state index in [4.69, 9.17) is 4.74 Å². The number of ether oxygens (including phenoxy) is 1. The molecule has 0 atom stereocenters. The van der Waals surface area contributed by atoms with Crippen LogP contribution in [0.15, 0.2) is 12.7 Å². The van der Waals surface area contributed by atoms with E-state index >= 15 is 0 Å². The van der Waals surface area contributed by atoms with Crippen molar-refractivity contribution in [3.05, 3.63) is 12.7 Å². The third kappa shape index (κ3) is 6.61. The summed E-state index contributed by atoms with van der Waals surface area (Å²) in [6.07, 6.45) is 29.2. The molecule has 0 spiro atoms. The Balaban J connectivity index is 1.12. The van der Waals surface area contributed by atoms with Crippen molar-refractivity contribution in [3.8, 4) is 0 Å². The van der Waals surface area contributed by atoms with Gasteiger partial charge in [-0.3, -0.25) is 0 Å². The van der Waals surface area contributed by atoms with Crippen molar-refractivity contribution < 1.29 is 4.74 Å². The van der Waals surface area contributed by atoms with E-state index in [2.05, 4.69) is 19.6 Å². The summed E-state index contributed by atoms with van der Waals surface area (Å²) < 4.78 is 6.03. The predicted octanol–water partition coefficient (Wildman–Crippen LogP) is 8.97. The SMILES string of the molecule is C=CCC1CCC(C2CCC(C3CCC(C4CCC(OCCC)CC4)CC3)CC2)CC1. The third-order valence-corrected chi connectivity index (χ3v) is 10.3. The lowest BCUT2D eigenvalue weighted by Gasteiger charge is -2.43. The lowest BCUT2D eigenvalue weighted by atomic mass is 9.63. The molecule has 1 heteroatoms. The minimum atomic E-state index is 0.583. The van der Waals surface area contributed by atoms with Crippen molar-refractivity contribution in [1.82, 2.24) is 0 Å². The molecule has 0 N–H and O–H groups in total. The minimum Gasteiger partial charge on any atom is -0.378 e. The van der Waals surface area contributed by atoms with Crippen LogP contribution < -0.4 is 0 Å². The summed E-state index contributed by atoms with van der Waals surface area (Å²) in [5, 5.41) is 0. The molecule has 4 fully saturated rings. The molecule has 0 aliphatic heterocycles. The largest absolute Gasteiger partial charge is 0.378 e. The zero-order chi connectivity index (χ0) is 21.5. The fourth-order valence-corrected chi connectivity index (χ4v) is 8.32. The molecule has 0 radical (unpaired) electrons. The van der Waals surface area contributed by atoms with E-state index in [1.165, 1.54) is 64.2 Å². The van der Waals surface area contributed by atoms with E-state index in [9.17, 15) is 0 Å². The average Bonchev–Trinajstić information content (AvgIpc) is 2.84. The maximum absolute atomic E-state index is 6.03. The summed E-state index contributed by atoms with van der Waals surface area (Å²) >= 11 is 0. The standard InChI is InChI=1S/C30H52O/c1-3-5-23-6-8-24(9-7-23)25-10-12-26(13-11-25)27-14-16-28(17-15-27)29-18-20-30(21-19-29)31-22-4-2/h3,23-30H,1,4-22H2,2H3. The maximum atomic E-state index is 6.03. The molecule has 0 aromatic rings. The molecule has 0 aromatic heterocycles. The zero-order valence-corrected chi connectivity index (χ0v) is 20.7. The molecule has 178 valence electrons. The van der Waals surface area contributed by atoms with Crippen molar-refractivity contribution in [2.75, 3.05) is 6.61 Å². The third-order valence-electron chi connectivity index (χ3n) is 10.3. The lowest BCUT2D eigenvalue weighted by Crippen LogP contribution is -2.32. The molecule has 4 saturated carbocycles. The molecular weight excluding hydrogens is 376 g/mol. The highest BCUT2D eigenvalue weighted by Gasteiger charge is 2.36. The van der Waals surface area contributed by atoms with E-state index in [1.54, 1.807) is 51.4 Å². The Morgan fingerprint density at radius 2 is 0.935 bits per heavy atom. The predicted molar refractivity (Wildman–Crippen MR) is 133 cm³/mol. The summed E-state index contributed by atoms with van der Waals surface area (Å²) in [5.41, 5.74) is 0. The highest BCUT2D eigenvalue weighted by atomic mass is 16.5. The summed E-state index contributed by atoms with van der Waals surface area (Å²) in [6, 6.07) is 0. The van der Waals surface area contributed by atoms with Gasteiger partial charge in [-0.25, -0.2) is 0 Å². The number of hydrogen-bond donors (Lipinski definition) is 0. The zero-order valence-electron chi connectivity index (χ0n) is 20.7. The first-order valence-corrected chi connectivity index (χ1v) is 14.5. The second-order valence-electron chi connectivity index (χ2n) is 12.1. The molecule has 0 heterocycles. The van der Waals surface area contributed by atoms with E-state index < -0.39 is 0 Å². The van der Waals surface area contributed by atoms with Gasteiger partial charge >= 0.3 is 0 Å². The molecule has 0 aromatic carbocycles. The van der Waals surface area contributed by atoms with Gasteiger partial charge in [-0.05, 0) is 157 Å². The molecule has 4 aliphatic carbocycles. The average molecular weight is 429 g/mol. The van der Waals surface area contributed by atoms with E-state index in [-0.39, 0.29) is 0 Å². The Bertz CT molecular complexity index is 495. The summed E-state index contributed by atoms with van der Waals surface area (Å²) in [7, 11) is 0. The Morgan fingerprint density at radius 3 is 1.29 bits per heavy atom. The Labute approximate surface area is 194 Å². The molecule has 4 rings (SSSR count). The topological polar surface area (TPSA) is 9.23 Å². The normalized spacial score (nSPS) is 42.2. The molecule has 0 bridgehead atoms. The second kappa shape index (κ2) is 12.2. The number of hydrogen-bond acceptors (Lipinski definition) is 1. The van der Waals surface area contributed by atoms with Crippen molar-refractivity contribution in [3.63, 3.8) is 0 Å². The van der Waals surface area contributed by atoms with Gasteiger partial charge in [0.1, 0.15) is 0 Å². The first kappa shape index (κ1) is 23.8. The fraction of sp³-hybridized carbons (Fsp3) is 0.933. The van der Waals surface area contributed by atoms with Crippen LogP contribution >= 0.6 is 0 Å². The number of rotatable bonds is 8. The Morgan fingerprint density at radius 1 is 0.581 bits per heavy atom. The van der Waals surface area contributed by atoms with Crippen molar-refractivity contribution >= 4 is 0 Å². The highest BCUT2D eigenvalue weighted by molar-refractivity contribution is 4.88. The first-order valence-electron chi connectivity index (χ1n) is 14.5. The van der Waals surface area contributed by atoms with Crippen LogP contribution in [0.3, 0.4) is 0 Å². The summed E-state index contributed by atoms with van der Waals surface area (Å²) in [6.45, 7) is 7.15. The van der Waals surface area contributed by atoms with Crippen LogP contribution in [-0.4, -0.2) is 12.7 Å². The van der Waals surface area contributed by atoms with E-state index in [1.807, 2.05) is 0 Å². The van der Waals surface area contributed by atoms with Gasteiger partial charge in [0, 0.05) is 6.61 Å². The number of allylic oxidation sites excluding steroid dienone is 1. The Hall–Kier alpha value is -0.300. The Kier molecular flexibility index (Phi) is 9.42. The van der Waals surface area contributed by atoms with Crippen LogP contribution in [0.25, 0.3) is 0 Å². The van der Waals surface area contributed by atoms with Crippen LogP contribution in [0, 0.1) is 41.4 Å². The van der Waals surface area contributed by atoms with Crippen LogP contribution in [0.4, 0.5) is 0 Å². The van der Waals surface area contributed by atoms with Gasteiger partial charge in [0.05, 0.1) is 6.10 Å². The van der Waals surface area contributed by atoms with E-state index in [0.717, 1.165) is 48.0 Å². The van der Waals surface area contributed by atoms with Crippen LogP contribution in [0.5, 0.6) is 0 Å². The van der Waals surface area contributed by atoms with Crippen LogP contribution in [-0.2, 0) is 4.74 Å². The van der Waals surface area contributed by atoms with Gasteiger partial charge < -0.3 is 4.74 Å². The molecule has 1 nitrogen and oxygen atoms in total. The van der Waals surface area contributed by atoms with Gasteiger partial charge in [-0.15, -0.1) is 6.58 Å². The van der Waals surface area contributed by atoms with Gasteiger partial charge in [-0.2, -0.15) is 0 Å². The summed E-state index contributed by atoms with van der Waals surface area (Å²) in [4.78, 5) is 0. The monoisotopic (exact) mass is 428 g/mol. The molecule has 0 saturated heterocycles. The van der Waals surface area contributed by atoms with Crippen molar-refractivity contribution in [2.24, 2.45) is 41.4 Å². The molecule has 0 amide bonds. The van der Waals surface area contributed by atoms with Gasteiger partial charge in [0.2, 0.25) is 0 Å². The highest BCUT2D eigenvalue weighted by Crippen LogP contribution is 2.48. The van der Waals surface area contributed by atoms with Gasteiger partial charge in [0.15, 0.2) is 0 Å². The maximum Gasteiger partial charge on any atom is 0.0575 e. The minimum absolute atomic E-state index is 0.583. The molecular formula is C30H52O. The van der Waals surface area contributed by atoms with Crippen molar-refractivity contribution in [2.45, 2.75) is 129 Å². The van der Waals surface area contributed by atoms with Gasteiger partial charge in [-0.1, -0.05) is 13.0 Å². The quantitative estimate of drug-likeness (QED) is 0.350. The molecule has 0 unspecified atom stereocenters. The molecule has 4 aliphatic rings.